The van der Waals surface area contributed by atoms with Gasteiger partial charge in [-0.1, -0.05) is 35.9 Å². The zero-order valence-corrected chi connectivity index (χ0v) is 14.6. The third kappa shape index (κ3) is 5.29. The number of rotatable bonds is 7. The SMILES string of the molecule is CCOC(=O)C(NCCc1cccs1)c1ccccc1Cl.Cl. The Balaban J connectivity index is 0.00000242. The van der Waals surface area contributed by atoms with E-state index < -0.39 is 6.04 Å². The first-order valence-electron chi connectivity index (χ1n) is 6.89. The van der Waals surface area contributed by atoms with E-state index >= 15 is 0 Å². The molecular weight excluding hydrogens is 341 g/mol. The number of carbonyl (C=O) groups is 1. The van der Waals surface area contributed by atoms with E-state index in [0.29, 0.717) is 18.2 Å². The lowest BCUT2D eigenvalue weighted by atomic mass is 10.1. The van der Waals surface area contributed by atoms with Gasteiger partial charge in [0.05, 0.1) is 6.61 Å². The van der Waals surface area contributed by atoms with Crippen molar-refractivity contribution in [2.45, 2.75) is 19.4 Å². The number of thiophene rings is 1. The molecular formula is C16H19Cl2NO2S. The van der Waals surface area contributed by atoms with Gasteiger partial charge in [0.15, 0.2) is 0 Å². The molecule has 2 rings (SSSR count). The zero-order valence-electron chi connectivity index (χ0n) is 12.3. The van der Waals surface area contributed by atoms with Crippen molar-refractivity contribution in [3.05, 3.63) is 57.2 Å². The summed E-state index contributed by atoms with van der Waals surface area (Å²) in [4.78, 5) is 13.4. The summed E-state index contributed by atoms with van der Waals surface area (Å²) in [6.45, 7) is 2.84. The van der Waals surface area contributed by atoms with E-state index in [1.165, 1.54) is 4.88 Å². The first kappa shape index (κ1) is 19.0. The van der Waals surface area contributed by atoms with Crippen LogP contribution >= 0.6 is 35.3 Å². The number of nitrogens with one attached hydrogen (secondary N) is 1. The average molecular weight is 360 g/mol. The number of esters is 1. The zero-order chi connectivity index (χ0) is 15.1. The molecule has 0 saturated carbocycles. The fraction of sp³-hybridized carbons (Fsp3) is 0.312. The van der Waals surface area contributed by atoms with E-state index in [-0.39, 0.29) is 18.4 Å². The lowest BCUT2D eigenvalue weighted by molar-refractivity contribution is -0.145. The summed E-state index contributed by atoms with van der Waals surface area (Å²) in [5, 5.41) is 5.86. The minimum atomic E-state index is -0.529. The van der Waals surface area contributed by atoms with Crippen molar-refractivity contribution in [2.75, 3.05) is 13.2 Å². The Morgan fingerprint density at radius 1 is 1.32 bits per heavy atom. The molecule has 0 aliphatic carbocycles. The van der Waals surface area contributed by atoms with Crippen molar-refractivity contribution in [1.29, 1.82) is 0 Å². The van der Waals surface area contributed by atoms with Crippen LogP contribution in [0.1, 0.15) is 23.4 Å². The Labute approximate surface area is 146 Å². The highest BCUT2D eigenvalue weighted by molar-refractivity contribution is 7.09. The van der Waals surface area contributed by atoms with Crippen molar-refractivity contribution in [3.8, 4) is 0 Å². The Bertz CT molecular complexity index is 575. The van der Waals surface area contributed by atoms with Crippen LogP contribution in [0.4, 0.5) is 0 Å². The second kappa shape index (κ2) is 9.85. The molecule has 22 heavy (non-hydrogen) atoms. The molecule has 6 heteroatoms. The summed E-state index contributed by atoms with van der Waals surface area (Å²) in [5.41, 5.74) is 0.754. The van der Waals surface area contributed by atoms with Crippen molar-refractivity contribution in [3.63, 3.8) is 0 Å². The molecule has 1 N–H and O–H groups in total. The average Bonchev–Trinajstić information content (AvgIpc) is 2.98. The summed E-state index contributed by atoms with van der Waals surface area (Å²) in [6, 6.07) is 10.9. The van der Waals surface area contributed by atoms with E-state index in [1.807, 2.05) is 29.6 Å². The lowest BCUT2D eigenvalue weighted by Gasteiger charge is -2.18. The van der Waals surface area contributed by atoms with Gasteiger partial charge in [0.1, 0.15) is 6.04 Å². The van der Waals surface area contributed by atoms with Crippen LogP contribution in [0.2, 0.25) is 5.02 Å². The van der Waals surface area contributed by atoms with Gasteiger partial charge in [0.2, 0.25) is 0 Å². The molecule has 1 aromatic carbocycles. The van der Waals surface area contributed by atoms with E-state index in [2.05, 4.69) is 11.4 Å². The van der Waals surface area contributed by atoms with Crippen LogP contribution in [-0.2, 0) is 16.0 Å². The molecule has 3 nitrogen and oxygen atoms in total. The summed E-state index contributed by atoms with van der Waals surface area (Å²) in [7, 11) is 0. The summed E-state index contributed by atoms with van der Waals surface area (Å²) >= 11 is 7.91. The van der Waals surface area contributed by atoms with Crippen LogP contribution < -0.4 is 5.32 Å². The van der Waals surface area contributed by atoms with Gasteiger partial charge in [0, 0.05) is 16.4 Å². The quantitative estimate of drug-likeness (QED) is 0.750. The molecule has 2 aromatic rings. The molecule has 120 valence electrons. The maximum Gasteiger partial charge on any atom is 0.327 e. The van der Waals surface area contributed by atoms with Crippen LogP contribution in [0, 0.1) is 0 Å². The fourth-order valence-corrected chi connectivity index (χ4v) is 3.00. The fourth-order valence-electron chi connectivity index (χ4n) is 2.05. The number of hydrogen-bond donors (Lipinski definition) is 1. The molecule has 0 spiro atoms. The molecule has 0 radical (unpaired) electrons. The highest BCUT2D eigenvalue weighted by atomic mass is 35.5. The van der Waals surface area contributed by atoms with Crippen LogP contribution in [0.3, 0.4) is 0 Å². The van der Waals surface area contributed by atoms with Gasteiger partial charge in [-0.2, -0.15) is 0 Å². The highest BCUT2D eigenvalue weighted by Crippen LogP contribution is 2.24. The Hall–Kier alpha value is -1.07. The maximum atomic E-state index is 12.1. The molecule has 0 fully saturated rings. The van der Waals surface area contributed by atoms with E-state index in [0.717, 1.165) is 12.0 Å². The second-order valence-electron chi connectivity index (χ2n) is 4.49. The van der Waals surface area contributed by atoms with E-state index in [1.54, 1.807) is 24.3 Å². The number of benzene rings is 1. The monoisotopic (exact) mass is 359 g/mol. The molecule has 0 bridgehead atoms. The number of hydrogen-bond acceptors (Lipinski definition) is 4. The molecule has 1 heterocycles. The molecule has 0 aliphatic heterocycles. The van der Waals surface area contributed by atoms with Gasteiger partial charge in [-0.3, -0.25) is 0 Å². The second-order valence-corrected chi connectivity index (χ2v) is 5.93. The Morgan fingerprint density at radius 3 is 2.73 bits per heavy atom. The maximum absolute atomic E-state index is 12.1. The molecule has 0 amide bonds. The first-order valence-corrected chi connectivity index (χ1v) is 8.15. The number of ether oxygens (including phenoxy) is 1. The molecule has 1 unspecified atom stereocenters. The highest BCUT2D eigenvalue weighted by Gasteiger charge is 2.23. The molecule has 0 saturated heterocycles. The van der Waals surface area contributed by atoms with Crippen LogP contribution in [0.15, 0.2) is 41.8 Å². The third-order valence-electron chi connectivity index (χ3n) is 3.04. The minimum Gasteiger partial charge on any atom is -0.465 e. The topological polar surface area (TPSA) is 38.3 Å². The molecule has 0 aliphatic rings. The lowest BCUT2D eigenvalue weighted by Crippen LogP contribution is -2.31. The van der Waals surface area contributed by atoms with Gasteiger partial charge in [-0.05, 0) is 36.4 Å². The van der Waals surface area contributed by atoms with Gasteiger partial charge >= 0.3 is 5.97 Å². The van der Waals surface area contributed by atoms with E-state index in [9.17, 15) is 4.79 Å². The van der Waals surface area contributed by atoms with Crippen molar-refractivity contribution in [2.24, 2.45) is 0 Å². The predicted molar refractivity (Wildman–Crippen MR) is 94.1 cm³/mol. The summed E-state index contributed by atoms with van der Waals surface area (Å²) in [5.74, 6) is -0.295. The van der Waals surface area contributed by atoms with Gasteiger partial charge in [0.25, 0.3) is 0 Å². The third-order valence-corrected chi connectivity index (χ3v) is 4.32. The Kier molecular flexibility index (Phi) is 8.49. The predicted octanol–water partition coefficient (Wildman–Crippen LogP) is 4.26. The van der Waals surface area contributed by atoms with Gasteiger partial charge in [-0.15, -0.1) is 23.7 Å². The first-order chi connectivity index (χ1) is 10.2. The minimum absolute atomic E-state index is 0. The standard InChI is InChI=1S/C16H18ClNO2S.ClH/c1-2-20-16(19)15(13-7-3-4-8-14(13)17)18-10-9-12-6-5-11-21-12;/h3-8,11,15,18H,2,9-10H2,1H3;1H. The van der Waals surface area contributed by atoms with Crippen molar-refractivity contribution >= 4 is 41.3 Å². The smallest absolute Gasteiger partial charge is 0.327 e. The largest absolute Gasteiger partial charge is 0.465 e. The van der Waals surface area contributed by atoms with Gasteiger partial charge in [-0.25, -0.2) is 4.79 Å². The van der Waals surface area contributed by atoms with Gasteiger partial charge < -0.3 is 10.1 Å². The van der Waals surface area contributed by atoms with Crippen LogP contribution in [-0.4, -0.2) is 19.1 Å². The molecule has 1 atom stereocenters. The molecule has 1 aromatic heterocycles. The van der Waals surface area contributed by atoms with Crippen molar-refractivity contribution < 1.29 is 9.53 Å². The normalized spacial score (nSPS) is 11.5. The van der Waals surface area contributed by atoms with E-state index in [4.69, 9.17) is 16.3 Å². The summed E-state index contributed by atoms with van der Waals surface area (Å²) < 4.78 is 5.14. The number of carbonyl (C=O) groups excluding carboxylic acids is 1. The van der Waals surface area contributed by atoms with Crippen molar-refractivity contribution in [1.82, 2.24) is 5.32 Å². The number of halogens is 2. The Morgan fingerprint density at radius 2 is 2.09 bits per heavy atom. The van der Waals surface area contributed by atoms with Crippen LogP contribution in [0.25, 0.3) is 0 Å². The summed E-state index contributed by atoms with van der Waals surface area (Å²) in [6.07, 6.45) is 0.873. The van der Waals surface area contributed by atoms with Crippen LogP contribution in [0.5, 0.6) is 0 Å².